The third-order valence-electron chi connectivity index (χ3n) is 3.18. The number of carbonyl (C=O) groups is 1. The first-order chi connectivity index (χ1) is 10.0. The first-order valence-electron chi connectivity index (χ1n) is 6.42. The van der Waals surface area contributed by atoms with Crippen LogP contribution in [-0.4, -0.2) is 16.8 Å². The summed E-state index contributed by atoms with van der Waals surface area (Å²) in [6.45, 7) is 0. The molecule has 0 aliphatic rings. The molecule has 0 saturated carbocycles. The molecule has 0 amide bonds. The van der Waals surface area contributed by atoms with E-state index in [4.69, 9.17) is 17.3 Å². The smallest absolute Gasteiger partial charge is 0.329 e. The van der Waals surface area contributed by atoms with Gasteiger partial charge in [-0.05, 0) is 23.3 Å². The summed E-state index contributed by atoms with van der Waals surface area (Å²) in [7, 11) is 0. The number of carboxylic acids is 1. The maximum Gasteiger partial charge on any atom is 0.329 e. The molecular formula is C16H16ClNO2S. The van der Waals surface area contributed by atoms with Crippen molar-refractivity contribution in [2.75, 3.05) is 5.75 Å². The summed E-state index contributed by atoms with van der Waals surface area (Å²) in [4.78, 5) is 11.6. The second-order valence-corrected chi connectivity index (χ2v) is 6.18. The number of thioether (sulfide) groups is 1. The molecule has 1 atom stereocenters. The van der Waals surface area contributed by atoms with Gasteiger partial charge in [-0.15, -0.1) is 0 Å². The van der Waals surface area contributed by atoms with E-state index in [0.29, 0.717) is 22.1 Å². The average molecular weight is 322 g/mol. The van der Waals surface area contributed by atoms with Gasteiger partial charge in [0.25, 0.3) is 0 Å². The molecule has 1 unspecified atom stereocenters. The quantitative estimate of drug-likeness (QED) is 0.854. The van der Waals surface area contributed by atoms with E-state index in [-0.39, 0.29) is 0 Å². The highest BCUT2D eigenvalue weighted by molar-refractivity contribution is 7.98. The fourth-order valence-electron chi connectivity index (χ4n) is 1.91. The van der Waals surface area contributed by atoms with Gasteiger partial charge in [-0.1, -0.05) is 54.1 Å². The van der Waals surface area contributed by atoms with Gasteiger partial charge in [0, 0.05) is 16.5 Å². The molecule has 3 nitrogen and oxygen atoms in total. The van der Waals surface area contributed by atoms with Crippen molar-refractivity contribution in [1.29, 1.82) is 0 Å². The zero-order chi connectivity index (χ0) is 15.3. The lowest BCUT2D eigenvalue weighted by Gasteiger charge is -2.24. The lowest BCUT2D eigenvalue weighted by molar-refractivity contribution is -0.142. The van der Waals surface area contributed by atoms with Gasteiger partial charge in [-0.25, -0.2) is 4.79 Å². The van der Waals surface area contributed by atoms with Crippen molar-refractivity contribution in [3.8, 4) is 0 Å². The Morgan fingerprint density at radius 3 is 2.33 bits per heavy atom. The lowest BCUT2D eigenvalue weighted by Crippen LogP contribution is -2.47. The maximum atomic E-state index is 11.6. The molecule has 0 heterocycles. The number of hydrogen-bond donors (Lipinski definition) is 2. The number of carboxylic acid groups (broad SMARTS) is 1. The van der Waals surface area contributed by atoms with E-state index in [1.165, 1.54) is 11.8 Å². The van der Waals surface area contributed by atoms with Crippen LogP contribution in [0.4, 0.5) is 0 Å². The molecule has 2 aromatic rings. The average Bonchev–Trinajstić information content (AvgIpc) is 2.50. The maximum absolute atomic E-state index is 11.6. The van der Waals surface area contributed by atoms with Crippen LogP contribution in [0.15, 0.2) is 54.6 Å². The van der Waals surface area contributed by atoms with Gasteiger partial charge in [-0.3, -0.25) is 0 Å². The predicted octanol–water partition coefficient (Wildman–Crippen LogP) is 3.51. The fourth-order valence-corrected chi connectivity index (χ4v) is 3.18. The van der Waals surface area contributed by atoms with Crippen LogP contribution in [0.25, 0.3) is 0 Å². The van der Waals surface area contributed by atoms with Crippen LogP contribution in [0.5, 0.6) is 0 Å². The van der Waals surface area contributed by atoms with Crippen molar-refractivity contribution in [2.45, 2.75) is 11.3 Å². The zero-order valence-electron chi connectivity index (χ0n) is 11.3. The highest BCUT2D eigenvalue weighted by Gasteiger charge is 2.35. The van der Waals surface area contributed by atoms with Gasteiger partial charge in [-0.2, -0.15) is 11.8 Å². The molecule has 0 aliphatic heterocycles. The Morgan fingerprint density at radius 1 is 1.14 bits per heavy atom. The molecule has 0 radical (unpaired) electrons. The molecule has 0 fully saturated rings. The standard InChI is InChI=1S/C16H16ClNO2S/c17-14-8-6-12(7-9-14)10-21-11-16(18,15(19)20)13-4-2-1-3-5-13/h1-9H,10-11,18H2,(H,19,20). The number of halogens is 1. The molecule has 21 heavy (non-hydrogen) atoms. The molecule has 0 saturated heterocycles. The number of nitrogens with two attached hydrogens (primary N) is 1. The van der Waals surface area contributed by atoms with Crippen LogP contribution in [0.1, 0.15) is 11.1 Å². The topological polar surface area (TPSA) is 63.3 Å². The van der Waals surface area contributed by atoms with Gasteiger partial charge in [0.1, 0.15) is 5.54 Å². The van der Waals surface area contributed by atoms with Crippen LogP contribution in [0, 0.1) is 0 Å². The van der Waals surface area contributed by atoms with Gasteiger partial charge in [0.05, 0.1) is 0 Å². The van der Waals surface area contributed by atoms with Crippen LogP contribution in [-0.2, 0) is 16.1 Å². The summed E-state index contributed by atoms with van der Waals surface area (Å²) in [5.74, 6) is -0.0251. The SMILES string of the molecule is NC(CSCc1ccc(Cl)cc1)(C(=O)O)c1ccccc1. The Balaban J connectivity index is 2.04. The minimum atomic E-state index is -1.38. The van der Waals surface area contributed by atoms with Crippen molar-refractivity contribution in [3.63, 3.8) is 0 Å². The Hall–Kier alpha value is -1.49. The lowest BCUT2D eigenvalue weighted by atomic mass is 9.93. The largest absolute Gasteiger partial charge is 0.480 e. The summed E-state index contributed by atoms with van der Waals surface area (Å²) in [6.07, 6.45) is 0. The van der Waals surface area contributed by atoms with Crippen molar-refractivity contribution >= 4 is 29.3 Å². The number of aliphatic carboxylic acids is 1. The van der Waals surface area contributed by atoms with Gasteiger partial charge < -0.3 is 10.8 Å². The van der Waals surface area contributed by atoms with Crippen LogP contribution in [0.2, 0.25) is 5.02 Å². The zero-order valence-corrected chi connectivity index (χ0v) is 12.9. The molecule has 2 rings (SSSR count). The Kier molecular flexibility index (Phi) is 5.28. The Bertz CT molecular complexity index is 603. The monoisotopic (exact) mass is 321 g/mol. The second kappa shape index (κ2) is 6.98. The summed E-state index contributed by atoms with van der Waals surface area (Å²) >= 11 is 7.33. The van der Waals surface area contributed by atoms with E-state index in [0.717, 1.165) is 5.56 Å². The van der Waals surface area contributed by atoms with Crippen molar-refractivity contribution in [3.05, 3.63) is 70.7 Å². The van der Waals surface area contributed by atoms with E-state index >= 15 is 0 Å². The van der Waals surface area contributed by atoms with E-state index in [1.54, 1.807) is 24.3 Å². The van der Waals surface area contributed by atoms with E-state index in [9.17, 15) is 9.90 Å². The molecule has 0 bridgehead atoms. The fraction of sp³-hybridized carbons (Fsp3) is 0.188. The van der Waals surface area contributed by atoms with Crippen molar-refractivity contribution in [2.24, 2.45) is 5.73 Å². The van der Waals surface area contributed by atoms with Crippen LogP contribution in [0.3, 0.4) is 0 Å². The number of hydrogen-bond acceptors (Lipinski definition) is 3. The minimum absolute atomic E-state index is 0.301. The van der Waals surface area contributed by atoms with Gasteiger partial charge >= 0.3 is 5.97 Å². The summed E-state index contributed by atoms with van der Waals surface area (Å²) in [5, 5.41) is 10.2. The van der Waals surface area contributed by atoms with Crippen molar-refractivity contribution < 1.29 is 9.90 Å². The summed E-state index contributed by atoms with van der Waals surface area (Å²) < 4.78 is 0. The third kappa shape index (κ3) is 4.00. The Labute approximate surface area is 133 Å². The van der Waals surface area contributed by atoms with E-state index in [1.807, 2.05) is 30.3 Å². The second-order valence-electron chi connectivity index (χ2n) is 4.76. The third-order valence-corrected chi connectivity index (χ3v) is 4.63. The summed E-state index contributed by atoms with van der Waals surface area (Å²) in [6, 6.07) is 16.4. The Morgan fingerprint density at radius 2 is 1.76 bits per heavy atom. The molecule has 110 valence electrons. The predicted molar refractivity (Wildman–Crippen MR) is 87.6 cm³/mol. The number of benzene rings is 2. The van der Waals surface area contributed by atoms with Crippen molar-refractivity contribution in [1.82, 2.24) is 0 Å². The molecule has 0 aromatic heterocycles. The molecular weight excluding hydrogens is 306 g/mol. The highest BCUT2D eigenvalue weighted by atomic mass is 35.5. The molecule has 0 aliphatic carbocycles. The molecule has 2 aromatic carbocycles. The molecule has 0 spiro atoms. The highest BCUT2D eigenvalue weighted by Crippen LogP contribution is 2.26. The summed E-state index contributed by atoms with van der Waals surface area (Å²) in [5.41, 5.74) is 6.43. The van der Waals surface area contributed by atoms with E-state index < -0.39 is 11.5 Å². The van der Waals surface area contributed by atoms with Crippen LogP contribution < -0.4 is 5.73 Å². The van der Waals surface area contributed by atoms with Gasteiger partial charge in [0.2, 0.25) is 0 Å². The minimum Gasteiger partial charge on any atom is -0.480 e. The first-order valence-corrected chi connectivity index (χ1v) is 7.95. The first kappa shape index (κ1) is 15.9. The molecule has 3 N–H and O–H groups in total. The molecule has 5 heteroatoms. The van der Waals surface area contributed by atoms with Crippen LogP contribution >= 0.6 is 23.4 Å². The van der Waals surface area contributed by atoms with E-state index in [2.05, 4.69) is 0 Å². The number of rotatable bonds is 6. The normalized spacial score (nSPS) is 13.6. The van der Waals surface area contributed by atoms with Gasteiger partial charge in [0.15, 0.2) is 0 Å².